The van der Waals surface area contributed by atoms with E-state index in [4.69, 9.17) is 21.1 Å². The number of ketones is 1. The molecule has 1 aliphatic heterocycles. The first-order valence-electron chi connectivity index (χ1n) is 8.63. The van der Waals surface area contributed by atoms with Gasteiger partial charge < -0.3 is 9.47 Å². The summed E-state index contributed by atoms with van der Waals surface area (Å²) >= 11 is 5.89. The maximum absolute atomic E-state index is 12.7. The normalized spacial score (nSPS) is 13.9. The number of hydrogen-bond acceptors (Lipinski definition) is 4. The van der Waals surface area contributed by atoms with E-state index in [1.54, 1.807) is 73.7 Å². The van der Waals surface area contributed by atoms with Crippen molar-refractivity contribution in [3.05, 3.63) is 99.8 Å². The minimum Gasteiger partial charge on any atom is -0.452 e. The van der Waals surface area contributed by atoms with E-state index in [-0.39, 0.29) is 11.5 Å². The number of carbonyl (C=O) groups excluding carboxylic acids is 2. The second kappa shape index (κ2) is 7.33. The predicted molar refractivity (Wildman–Crippen MR) is 107 cm³/mol. The van der Waals surface area contributed by atoms with Crippen LogP contribution in [0, 0.1) is 6.92 Å². The fourth-order valence-electron chi connectivity index (χ4n) is 2.99. The Morgan fingerprint density at radius 2 is 1.75 bits per heavy atom. The van der Waals surface area contributed by atoms with Crippen LogP contribution >= 0.6 is 11.6 Å². The molecule has 4 nitrogen and oxygen atoms in total. The first kappa shape index (κ1) is 18.0. The van der Waals surface area contributed by atoms with Crippen LogP contribution in [0.25, 0.3) is 6.08 Å². The lowest BCUT2D eigenvalue weighted by Gasteiger charge is -2.07. The Kier molecular flexibility index (Phi) is 4.72. The summed E-state index contributed by atoms with van der Waals surface area (Å²) in [4.78, 5) is 25.0. The third kappa shape index (κ3) is 3.55. The largest absolute Gasteiger partial charge is 0.452 e. The van der Waals surface area contributed by atoms with Gasteiger partial charge in [0.15, 0.2) is 5.76 Å². The Bertz CT molecular complexity index is 1100. The molecule has 0 saturated carbocycles. The highest BCUT2D eigenvalue weighted by Crippen LogP contribution is 2.37. The predicted octanol–water partition coefficient (Wildman–Crippen LogP) is 5.48. The van der Waals surface area contributed by atoms with Gasteiger partial charge in [-0.25, -0.2) is 4.79 Å². The van der Waals surface area contributed by atoms with Crippen LogP contribution in [0.1, 0.15) is 31.8 Å². The molecule has 3 aromatic carbocycles. The Hall–Kier alpha value is -3.37. The molecule has 0 unspecified atom stereocenters. The molecular weight excluding hydrogens is 376 g/mol. The number of rotatable bonds is 3. The number of ether oxygens (including phenoxy) is 2. The number of aryl methyl sites for hydroxylation is 1. The Morgan fingerprint density at radius 1 is 1.04 bits per heavy atom. The van der Waals surface area contributed by atoms with E-state index in [0.29, 0.717) is 33.2 Å². The van der Waals surface area contributed by atoms with Gasteiger partial charge >= 0.3 is 5.97 Å². The Labute approximate surface area is 167 Å². The van der Waals surface area contributed by atoms with E-state index in [2.05, 4.69) is 0 Å². The average molecular weight is 391 g/mol. The number of hydrogen-bond donors (Lipinski definition) is 0. The molecular formula is C23H15ClO4. The van der Waals surface area contributed by atoms with Gasteiger partial charge in [-0.15, -0.1) is 0 Å². The third-order valence-electron chi connectivity index (χ3n) is 4.33. The highest BCUT2D eigenvalue weighted by molar-refractivity contribution is 6.30. The lowest BCUT2D eigenvalue weighted by atomic mass is 10.0. The molecule has 1 heterocycles. The van der Waals surface area contributed by atoms with Crippen LogP contribution in [0.3, 0.4) is 0 Å². The van der Waals surface area contributed by atoms with Gasteiger partial charge in [-0.1, -0.05) is 41.9 Å². The first-order valence-corrected chi connectivity index (χ1v) is 9.01. The number of halogens is 1. The molecule has 4 rings (SSSR count). The fourth-order valence-corrected chi connectivity index (χ4v) is 3.11. The van der Waals surface area contributed by atoms with E-state index in [1.165, 1.54) is 0 Å². The molecule has 0 aromatic heterocycles. The van der Waals surface area contributed by atoms with Crippen molar-refractivity contribution in [1.82, 2.24) is 0 Å². The molecule has 0 amide bonds. The number of Topliss-reactive ketones (excluding diaryl/α,β-unsaturated/α-hetero) is 1. The van der Waals surface area contributed by atoms with Gasteiger partial charge in [-0.3, -0.25) is 4.79 Å². The van der Waals surface area contributed by atoms with Crippen molar-refractivity contribution in [2.75, 3.05) is 0 Å². The van der Waals surface area contributed by atoms with Crippen molar-refractivity contribution in [2.24, 2.45) is 0 Å². The molecule has 138 valence electrons. The molecule has 0 radical (unpaired) electrons. The molecule has 0 bridgehead atoms. The standard InChI is InChI=1S/C23H15ClO4/c1-14-11-18(27-23(26)16-5-3-2-4-6-16)13-19-21(14)22(25)20(28-19)12-15-7-9-17(24)10-8-15/h2-13H,1H3/b20-12-. The van der Waals surface area contributed by atoms with Crippen LogP contribution in [0.5, 0.6) is 11.5 Å². The topological polar surface area (TPSA) is 52.6 Å². The summed E-state index contributed by atoms with van der Waals surface area (Å²) in [6.07, 6.45) is 1.66. The molecule has 0 N–H and O–H groups in total. The number of allylic oxidation sites excluding steroid dienone is 1. The summed E-state index contributed by atoms with van der Waals surface area (Å²) in [6.45, 7) is 1.78. The van der Waals surface area contributed by atoms with Crippen molar-refractivity contribution in [1.29, 1.82) is 0 Å². The van der Waals surface area contributed by atoms with Crippen LogP contribution in [0.2, 0.25) is 5.02 Å². The summed E-state index contributed by atoms with van der Waals surface area (Å²) in [7, 11) is 0. The molecule has 0 aliphatic carbocycles. The SMILES string of the molecule is Cc1cc(OC(=O)c2ccccc2)cc2c1C(=O)/C(=C/c1ccc(Cl)cc1)O2. The molecule has 5 heteroatoms. The molecule has 0 saturated heterocycles. The lowest BCUT2D eigenvalue weighted by molar-refractivity contribution is 0.0734. The second-order valence-corrected chi connectivity index (χ2v) is 6.80. The number of esters is 1. The number of fused-ring (bicyclic) bond motifs is 1. The maximum Gasteiger partial charge on any atom is 0.343 e. The third-order valence-corrected chi connectivity index (χ3v) is 4.58. The smallest absolute Gasteiger partial charge is 0.343 e. The molecule has 0 atom stereocenters. The summed E-state index contributed by atoms with van der Waals surface area (Å²) < 4.78 is 11.2. The average Bonchev–Trinajstić information content (AvgIpc) is 3.00. The summed E-state index contributed by atoms with van der Waals surface area (Å²) in [6, 6.07) is 19.0. The van der Waals surface area contributed by atoms with Crippen molar-refractivity contribution >= 4 is 29.4 Å². The molecule has 3 aromatic rings. The van der Waals surface area contributed by atoms with Gasteiger partial charge in [0.1, 0.15) is 11.5 Å². The molecule has 0 fully saturated rings. The lowest BCUT2D eigenvalue weighted by Crippen LogP contribution is -2.08. The van der Waals surface area contributed by atoms with Gasteiger partial charge in [-0.05, 0) is 54.5 Å². The van der Waals surface area contributed by atoms with Gasteiger partial charge in [0.2, 0.25) is 5.78 Å². The fraction of sp³-hybridized carbons (Fsp3) is 0.0435. The van der Waals surface area contributed by atoms with Gasteiger partial charge in [0, 0.05) is 11.1 Å². The number of carbonyl (C=O) groups is 2. The van der Waals surface area contributed by atoms with Gasteiger partial charge in [0.25, 0.3) is 0 Å². The first-order chi connectivity index (χ1) is 13.5. The quantitative estimate of drug-likeness (QED) is 0.337. The monoisotopic (exact) mass is 390 g/mol. The molecule has 0 spiro atoms. The minimum absolute atomic E-state index is 0.205. The van der Waals surface area contributed by atoms with Crippen LogP contribution < -0.4 is 9.47 Å². The van der Waals surface area contributed by atoms with Crippen LogP contribution in [-0.4, -0.2) is 11.8 Å². The second-order valence-electron chi connectivity index (χ2n) is 6.36. The van der Waals surface area contributed by atoms with Gasteiger partial charge in [-0.2, -0.15) is 0 Å². The van der Waals surface area contributed by atoms with E-state index in [1.807, 2.05) is 6.07 Å². The minimum atomic E-state index is -0.471. The highest BCUT2D eigenvalue weighted by atomic mass is 35.5. The van der Waals surface area contributed by atoms with Crippen LogP contribution in [0.15, 0.2) is 72.5 Å². The maximum atomic E-state index is 12.7. The highest BCUT2D eigenvalue weighted by Gasteiger charge is 2.30. The zero-order valence-corrected chi connectivity index (χ0v) is 15.7. The van der Waals surface area contributed by atoms with E-state index >= 15 is 0 Å². The summed E-state index contributed by atoms with van der Waals surface area (Å²) in [5, 5.41) is 0.616. The van der Waals surface area contributed by atoms with Crippen LogP contribution in [-0.2, 0) is 0 Å². The van der Waals surface area contributed by atoms with Crippen molar-refractivity contribution in [3.63, 3.8) is 0 Å². The zero-order chi connectivity index (χ0) is 19.7. The van der Waals surface area contributed by atoms with Crippen molar-refractivity contribution in [2.45, 2.75) is 6.92 Å². The van der Waals surface area contributed by atoms with Crippen molar-refractivity contribution in [3.8, 4) is 11.5 Å². The van der Waals surface area contributed by atoms with Gasteiger partial charge in [0.05, 0.1) is 11.1 Å². The van der Waals surface area contributed by atoms with E-state index < -0.39 is 5.97 Å². The van der Waals surface area contributed by atoms with E-state index in [0.717, 1.165) is 5.56 Å². The van der Waals surface area contributed by atoms with E-state index in [9.17, 15) is 9.59 Å². The van der Waals surface area contributed by atoms with Crippen LogP contribution in [0.4, 0.5) is 0 Å². The Morgan fingerprint density at radius 3 is 2.46 bits per heavy atom. The zero-order valence-electron chi connectivity index (χ0n) is 14.9. The summed E-state index contributed by atoms with van der Waals surface area (Å²) in [5.74, 6) is 0.239. The molecule has 1 aliphatic rings. The number of benzene rings is 3. The molecule has 28 heavy (non-hydrogen) atoms. The summed E-state index contributed by atoms with van der Waals surface area (Å²) in [5.41, 5.74) is 2.40. The Balaban J connectivity index is 1.61. The van der Waals surface area contributed by atoms with Crippen molar-refractivity contribution < 1.29 is 19.1 Å².